The number of nitrogens with zero attached hydrogens (tertiary/aromatic N) is 3. The van der Waals surface area contributed by atoms with E-state index in [1.807, 2.05) is 6.07 Å². The summed E-state index contributed by atoms with van der Waals surface area (Å²) in [5, 5.41) is 0. The first kappa shape index (κ1) is 25.1. The van der Waals surface area contributed by atoms with Crippen molar-refractivity contribution in [3.63, 3.8) is 0 Å². The van der Waals surface area contributed by atoms with Crippen LogP contribution in [0.4, 0.5) is 18.9 Å². The van der Waals surface area contributed by atoms with E-state index in [-0.39, 0.29) is 23.6 Å². The van der Waals surface area contributed by atoms with Gasteiger partial charge in [-0.1, -0.05) is 18.2 Å². The summed E-state index contributed by atoms with van der Waals surface area (Å²) < 4.78 is 69.7. The zero-order valence-corrected chi connectivity index (χ0v) is 19.6. The van der Waals surface area contributed by atoms with Gasteiger partial charge in [0.2, 0.25) is 0 Å². The van der Waals surface area contributed by atoms with Crippen molar-refractivity contribution in [2.75, 3.05) is 4.72 Å². The molecule has 0 amide bonds. The van der Waals surface area contributed by atoms with Crippen molar-refractivity contribution in [1.29, 1.82) is 0 Å². The lowest BCUT2D eigenvalue weighted by molar-refractivity contribution is -0.137. The van der Waals surface area contributed by atoms with Crippen molar-refractivity contribution in [3.05, 3.63) is 102 Å². The summed E-state index contributed by atoms with van der Waals surface area (Å²) in [5.74, 6) is 0.0149. The molecule has 0 bridgehead atoms. The number of halogens is 3. The summed E-state index contributed by atoms with van der Waals surface area (Å²) in [6, 6.07) is 12.3. The van der Waals surface area contributed by atoms with E-state index < -0.39 is 26.7 Å². The number of hydrogen-bond acceptors (Lipinski definition) is 5. The first-order valence-corrected chi connectivity index (χ1v) is 12.3. The van der Waals surface area contributed by atoms with Crippen molar-refractivity contribution in [3.8, 4) is 5.69 Å². The monoisotopic (exact) mass is 514 g/mol. The predicted octanol–water partition coefficient (Wildman–Crippen LogP) is 4.83. The highest BCUT2D eigenvalue weighted by molar-refractivity contribution is 7.92. The Kier molecular flexibility index (Phi) is 7.20. The molecule has 36 heavy (non-hydrogen) atoms. The molecule has 11 heteroatoms. The molecule has 1 N–H and O–H groups in total. The normalized spacial score (nSPS) is 11.9. The molecule has 0 aliphatic rings. The smallest absolute Gasteiger partial charge is 0.305 e. The van der Waals surface area contributed by atoms with Gasteiger partial charge in [0.15, 0.2) is 0 Å². The van der Waals surface area contributed by atoms with Gasteiger partial charge in [-0.2, -0.15) is 13.2 Å². The molecule has 0 aliphatic carbocycles. The van der Waals surface area contributed by atoms with Gasteiger partial charge in [-0.15, -0.1) is 0 Å². The summed E-state index contributed by atoms with van der Waals surface area (Å²) in [6.07, 6.45) is 3.84. The molecule has 0 atom stereocenters. The second-order valence-corrected chi connectivity index (χ2v) is 9.68. The summed E-state index contributed by atoms with van der Waals surface area (Å²) in [4.78, 5) is 19.6. The van der Waals surface area contributed by atoms with Gasteiger partial charge in [-0.3, -0.25) is 14.5 Å². The number of sulfonamides is 1. The minimum Gasteiger partial charge on any atom is -0.305 e. The van der Waals surface area contributed by atoms with E-state index in [0.29, 0.717) is 24.5 Å². The lowest BCUT2D eigenvalue weighted by Crippen LogP contribution is -2.17. The molecule has 2 aromatic carbocycles. The number of pyridine rings is 1. The van der Waals surface area contributed by atoms with Crippen LogP contribution in [0, 0.1) is 0 Å². The number of alkyl halides is 3. The minimum absolute atomic E-state index is 0.0149. The molecule has 2 aromatic heterocycles. The first-order valence-electron chi connectivity index (χ1n) is 10.8. The summed E-state index contributed by atoms with van der Waals surface area (Å²) in [5.41, 5.74) is 0.721. The van der Waals surface area contributed by atoms with Gasteiger partial charge < -0.3 is 4.57 Å². The second-order valence-electron chi connectivity index (χ2n) is 8.03. The van der Waals surface area contributed by atoms with Crippen molar-refractivity contribution < 1.29 is 26.4 Å². The molecule has 0 saturated heterocycles. The topological polar surface area (TPSA) is 94.0 Å². The van der Waals surface area contributed by atoms with Crippen LogP contribution in [0.1, 0.15) is 23.1 Å². The van der Waals surface area contributed by atoms with Gasteiger partial charge in [-0.05, 0) is 53.9 Å². The third-order valence-electron chi connectivity index (χ3n) is 5.38. The highest BCUT2D eigenvalue weighted by atomic mass is 32.2. The first-order chi connectivity index (χ1) is 17.1. The number of aryl methyl sites for hydroxylation is 1. The fourth-order valence-electron chi connectivity index (χ4n) is 3.57. The van der Waals surface area contributed by atoms with Crippen LogP contribution in [-0.2, 0) is 33.8 Å². The Labute approximate surface area is 205 Å². The SMILES string of the molecule is O=C(CCc1cccnc1)Cc1ccc(NS(=O)(=O)c2cc(C(F)(F)F)ccc2-n2ccnc2)cc1. The van der Waals surface area contributed by atoms with Crippen LogP contribution in [0.25, 0.3) is 5.69 Å². The standard InChI is InChI=1S/C25H21F3N4O3S/c26-25(27,28)20-6-10-23(32-13-12-30-17-32)24(15-20)36(34,35)31-21-7-3-18(4-8-21)14-22(33)9-5-19-2-1-11-29-16-19/h1-4,6-8,10-13,15-17,31H,5,9,14H2. The Balaban J connectivity index is 1.49. The summed E-state index contributed by atoms with van der Waals surface area (Å²) in [7, 11) is -4.40. The summed E-state index contributed by atoms with van der Waals surface area (Å²) >= 11 is 0. The van der Waals surface area contributed by atoms with Gasteiger partial charge >= 0.3 is 6.18 Å². The Morgan fingerprint density at radius 3 is 2.39 bits per heavy atom. The zero-order valence-electron chi connectivity index (χ0n) is 18.8. The second kappa shape index (κ2) is 10.3. The number of rotatable bonds is 9. The number of aromatic nitrogens is 3. The van der Waals surface area contributed by atoms with Gasteiger partial charge in [0.25, 0.3) is 10.0 Å². The number of carbonyl (C=O) groups excluding carboxylic acids is 1. The molecular weight excluding hydrogens is 493 g/mol. The number of Topliss-reactive ketones (excluding diaryl/α,β-unsaturated/α-hetero) is 1. The Bertz CT molecular complexity index is 1440. The number of hydrogen-bond donors (Lipinski definition) is 1. The quantitative estimate of drug-likeness (QED) is 0.345. The maximum atomic E-state index is 13.3. The zero-order chi connectivity index (χ0) is 25.8. The van der Waals surface area contributed by atoms with Crippen LogP contribution >= 0.6 is 0 Å². The number of ketones is 1. The van der Waals surface area contributed by atoms with Crippen LogP contribution in [0.5, 0.6) is 0 Å². The third-order valence-corrected chi connectivity index (χ3v) is 6.79. The van der Waals surface area contributed by atoms with Crippen LogP contribution in [-0.4, -0.2) is 28.7 Å². The number of anilines is 1. The lowest BCUT2D eigenvalue weighted by atomic mass is 10.0. The summed E-state index contributed by atoms with van der Waals surface area (Å²) in [6.45, 7) is 0. The Morgan fingerprint density at radius 2 is 1.75 bits per heavy atom. The van der Waals surface area contributed by atoms with E-state index in [9.17, 15) is 26.4 Å². The number of carbonyl (C=O) groups is 1. The molecular formula is C25H21F3N4O3S. The fourth-order valence-corrected chi connectivity index (χ4v) is 4.85. The molecule has 186 valence electrons. The number of imidazole rings is 1. The highest BCUT2D eigenvalue weighted by Crippen LogP contribution is 2.33. The molecule has 0 radical (unpaired) electrons. The van der Waals surface area contributed by atoms with E-state index in [1.165, 1.54) is 35.4 Å². The van der Waals surface area contributed by atoms with Crippen LogP contribution in [0.3, 0.4) is 0 Å². The van der Waals surface area contributed by atoms with Gasteiger partial charge in [0, 0.05) is 43.3 Å². The molecule has 4 aromatic rings. The van der Waals surface area contributed by atoms with E-state index in [0.717, 1.165) is 17.7 Å². The van der Waals surface area contributed by atoms with Gasteiger partial charge in [0.1, 0.15) is 10.7 Å². The van der Waals surface area contributed by atoms with Crippen molar-refractivity contribution in [2.45, 2.75) is 30.3 Å². The largest absolute Gasteiger partial charge is 0.416 e. The highest BCUT2D eigenvalue weighted by Gasteiger charge is 2.33. The molecule has 0 fully saturated rings. The maximum Gasteiger partial charge on any atom is 0.416 e. The molecule has 0 spiro atoms. The van der Waals surface area contributed by atoms with Gasteiger partial charge in [0.05, 0.1) is 17.6 Å². The predicted molar refractivity (Wildman–Crippen MR) is 127 cm³/mol. The lowest BCUT2D eigenvalue weighted by Gasteiger charge is -2.16. The number of nitrogens with one attached hydrogen (secondary N) is 1. The van der Waals surface area contributed by atoms with Crippen LogP contribution < -0.4 is 4.72 Å². The molecule has 4 rings (SSSR count). The van der Waals surface area contributed by atoms with E-state index in [4.69, 9.17) is 0 Å². The Morgan fingerprint density at radius 1 is 0.972 bits per heavy atom. The van der Waals surface area contributed by atoms with Crippen molar-refractivity contribution in [2.24, 2.45) is 0 Å². The maximum absolute atomic E-state index is 13.3. The van der Waals surface area contributed by atoms with Crippen molar-refractivity contribution >= 4 is 21.5 Å². The van der Waals surface area contributed by atoms with E-state index in [2.05, 4.69) is 14.7 Å². The molecule has 2 heterocycles. The fraction of sp³-hybridized carbons (Fsp3) is 0.160. The molecule has 0 unspecified atom stereocenters. The average molecular weight is 515 g/mol. The van der Waals surface area contributed by atoms with E-state index >= 15 is 0 Å². The van der Waals surface area contributed by atoms with Crippen LogP contribution in [0.2, 0.25) is 0 Å². The molecule has 0 saturated carbocycles. The average Bonchev–Trinajstić information content (AvgIpc) is 3.38. The van der Waals surface area contributed by atoms with Gasteiger partial charge in [-0.25, -0.2) is 13.4 Å². The van der Waals surface area contributed by atoms with Crippen molar-refractivity contribution in [1.82, 2.24) is 14.5 Å². The van der Waals surface area contributed by atoms with E-state index in [1.54, 1.807) is 30.6 Å². The molecule has 7 nitrogen and oxygen atoms in total. The van der Waals surface area contributed by atoms with Crippen LogP contribution in [0.15, 0.2) is 90.6 Å². The third kappa shape index (κ3) is 6.16. The minimum atomic E-state index is -4.72. The Hall–Kier alpha value is -3.99. The molecule has 0 aliphatic heterocycles. The number of benzene rings is 2.